The molecule has 1 aromatic carbocycles. The van der Waals surface area contributed by atoms with Gasteiger partial charge in [0.2, 0.25) is 0 Å². The van der Waals surface area contributed by atoms with Gasteiger partial charge < -0.3 is 9.30 Å². The van der Waals surface area contributed by atoms with Crippen molar-refractivity contribution in [1.29, 1.82) is 0 Å². The molecule has 1 aliphatic heterocycles. The first-order valence-electron chi connectivity index (χ1n) is 8.30. The predicted octanol–water partition coefficient (Wildman–Crippen LogP) is 3.54. The van der Waals surface area contributed by atoms with Gasteiger partial charge in [-0.1, -0.05) is 23.2 Å². The van der Waals surface area contributed by atoms with Crippen molar-refractivity contribution in [1.82, 2.24) is 9.47 Å². The number of imide groups is 1. The third-order valence-corrected chi connectivity index (χ3v) is 5.43. The topological polar surface area (TPSA) is 68.6 Å². The van der Waals surface area contributed by atoms with Crippen LogP contribution in [0.4, 0.5) is 0 Å². The molecule has 1 aromatic heterocycles. The molecule has 8 heteroatoms. The minimum atomic E-state index is -0.546. The molecule has 0 bridgehead atoms. The SMILES string of the molecule is COCCn1c(C)cc(C(=O)CN2C(=O)c3cc(Cl)c(Cl)cc3C2=O)c1C. The molecule has 2 amide bonds. The summed E-state index contributed by atoms with van der Waals surface area (Å²) in [4.78, 5) is 38.9. The van der Waals surface area contributed by atoms with Gasteiger partial charge in [-0.15, -0.1) is 0 Å². The number of hydrogen-bond acceptors (Lipinski definition) is 4. The van der Waals surface area contributed by atoms with Gasteiger partial charge in [0.05, 0.1) is 34.3 Å². The standard InChI is InChI=1S/C19H18Cl2N2O4/c1-10-6-12(11(2)22(10)4-5-27-3)17(24)9-23-18(25)13-7-15(20)16(21)8-14(13)19(23)26/h6-8H,4-5,9H2,1-3H3. The van der Waals surface area contributed by atoms with Crippen LogP contribution in [0.15, 0.2) is 18.2 Å². The summed E-state index contributed by atoms with van der Waals surface area (Å²) in [6.07, 6.45) is 0. The summed E-state index contributed by atoms with van der Waals surface area (Å²) >= 11 is 11.9. The number of Topliss-reactive ketones (excluding diaryl/α,β-unsaturated/α-hetero) is 1. The van der Waals surface area contributed by atoms with E-state index in [9.17, 15) is 14.4 Å². The third kappa shape index (κ3) is 3.40. The molecule has 142 valence electrons. The zero-order valence-corrected chi connectivity index (χ0v) is 16.6. The predicted molar refractivity (Wildman–Crippen MR) is 102 cm³/mol. The molecule has 1 aliphatic rings. The lowest BCUT2D eigenvalue weighted by Gasteiger charge is -2.13. The number of rotatable bonds is 6. The van der Waals surface area contributed by atoms with Crippen molar-refractivity contribution in [3.05, 3.63) is 56.3 Å². The van der Waals surface area contributed by atoms with Crippen LogP contribution < -0.4 is 0 Å². The molecular formula is C19H18Cl2N2O4. The molecule has 0 unspecified atom stereocenters. The Morgan fingerprint density at radius 1 is 1.04 bits per heavy atom. The fourth-order valence-corrected chi connectivity index (χ4v) is 3.59. The summed E-state index contributed by atoms with van der Waals surface area (Å²) in [6.45, 7) is 4.52. The fraction of sp³-hybridized carbons (Fsp3) is 0.316. The second-order valence-corrected chi connectivity index (χ2v) is 7.18. The van der Waals surface area contributed by atoms with E-state index in [2.05, 4.69) is 0 Å². The quantitative estimate of drug-likeness (QED) is 0.541. The van der Waals surface area contributed by atoms with Gasteiger partial charge in [-0.25, -0.2) is 0 Å². The molecule has 2 aromatic rings. The normalized spacial score (nSPS) is 13.4. The Morgan fingerprint density at radius 3 is 2.11 bits per heavy atom. The summed E-state index contributed by atoms with van der Waals surface area (Å²) in [5.74, 6) is -1.40. The van der Waals surface area contributed by atoms with Crippen LogP contribution in [-0.4, -0.2) is 47.3 Å². The van der Waals surface area contributed by atoms with Gasteiger partial charge in [0.25, 0.3) is 11.8 Å². The van der Waals surface area contributed by atoms with Gasteiger partial charge in [-0.2, -0.15) is 0 Å². The molecular weight excluding hydrogens is 391 g/mol. The number of aryl methyl sites for hydroxylation is 1. The monoisotopic (exact) mass is 408 g/mol. The molecule has 0 spiro atoms. The summed E-state index contributed by atoms with van der Waals surface area (Å²) in [6, 6.07) is 4.49. The highest BCUT2D eigenvalue weighted by molar-refractivity contribution is 6.43. The second kappa shape index (κ2) is 7.46. The average Bonchev–Trinajstić information content (AvgIpc) is 3.03. The van der Waals surface area contributed by atoms with Crippen LogP contribution in [0.5, 0.6) is 0 Å². The van der Waals surface area contributed by atoms with Gasteiger partial charge in [-0.05, 0) is 32.0 Å². The first-order chi connectivity index (χ1) is 12.8. The number of amides is 2. The molecule has 0 radical (unpaired) electrons. The van der Waals surface area contributed by atoms with Crippen molar-refractivity contribution >= 4 is 40.8 Å². The first kappa shape index (κ1) is 19.6. The number of halogens is 2. The lowest BCUT2D eigenvalue weighted by atomic mass is 10.1. The van der Waals surface area contributed by atoms with Gasteiger partial charge in [0, 0.05) is 30.6 Å². The lowest BCUT2D eigenvalue weighted by Crippen LogP contribution is -2.35. The maximum absolute atomic E-state index is 12.8. The molecule has 2 heterocycles. The van der Waals surface area contributed by atoms with Crippen LogP contribution in [0.25, 0.3) is 0 Å². The Balaban J connectivity index is 1.85. The van der Waals surface area contributed by atoms with Crippen molar-refractivity contribution in [3.63, 3.8) is 0 Å². The van der Waals surface area contributed by atoms with E-state index >= 15 is 0 Å². The minimum absolute atomic E-state index is 0.160. The summed E-state index contributed by atoms with van der Waals surface area (Å²) < 4.78 is 7.06. The summed E-state index contributed by atoms with van der Waals surface area (Å²) in [5.41, 5.74) is 2.49. The van der Waals surface area contributed by atoms with E-state index < -0.39 is 11.8 Å². The van der Waals surface area contributed by atoms with E-state index in [0.717, 1.165) is 16.3 Å². The molecule has 0 atom stereocenters. The van der Waals surface area contributed by atoms with Crippen LogP contribution >= 0.6 is 23.2 Å². The smallest absolute Gasteiger partial charge is 0.262 e. The van der Waals surface area contributed by atoms with Crippen molar-refractivity contribution < 1.29 is 19.1 Å². The number of hydrogen-bond donors (Lipinski definition) is 0. The van der Waals surface area contributed by atoms with Crippen LogP contribution in [0, 0.1) is 13.8 Å². The number of carbonyl (C=O) groups excluding carboxylic acids is 3. The number of carbonyl (C=O) groups is 3. The van der Waals surface area contributed by atoms with Crippen LogP contribution in [0.2, 0.25) is 10.0 Å². The van der Waals surface area contributed by atoms with E-state index in [1.165, 1.54) is 12.1 Å². The van der Waals surface area contributed by atoms with Crippen molar-refractivity contribution in [2.45, 2.75) is 20.4 Å². The fourth-order valence-electron chi connectivity index (χ4n) is 3.27. The van der Waals surface area contributed by atoms with Gasteiger partial charge in [-0.3, -0.25) is 19.3 Å². The number of nitrogens with zero attached hydrogens (tertiary/aromatic N) is 2. The van der Waals surface area contributed by atoms with Crippen molar-refractivity contribution in [2.24, 2.45) is 0 Å². The molecule has 6 nitrogen and oxygen atoms in total. The molecule has 0 saturated heterocycles. The number of ether oxygens (including phenoxy) is 1. The third-order valence-electron chi connectivity index (χ3n) is 4.71. The van der Waals surface area contributed by atoms with E-state index in [-0.39, 0.29) is 33.5 Å². The van der Waals surface area contributed by atoms with Gasteiger partial charge in [0.1, 0.15) is 0 Å². The molecule has 0 aliphatic carbocycles. The molecule has 27 heavy (non-hydrogen) atoms. The molecule has 0 fully saturated rings. The minimum Gasteiger partial charge on any atom is -0.383 e. The highest BCUT2D eigenvalue weighted by Crippen LogP contribution is 2.31. The highest BCUT2D eigenvalue weighted by Gasteiger charge is 2.37. The number of methoxy groups -OCH3 is 1. The lowest BCUT2D eigenvalue weighted by molar-refractivity contribution is 0.0624. The molecule has 3 rings (SSSR count). The van der Waals surface area contributed by atoms with E-state index in [1.54, 1.807) is 13.2 Å². The van der Waals surface area contributed by atoms with Crippen molar-refractivity contribution in [2.75, 3.05) is 20.3 Å². The maximum Gasteiger partial charge on any atom is 0.262 e. The van der Waals surface area contributed by atoms with E-state index in [4.69, 9.17) is 27.9 Å². The van der Waals surface area contributed by atoms with Gasteiger partial charge >= 0.3 is 0 Å². The number of ketones is 1. The van der Waals surface area contributed by atoms with E-state index in [1.807, 2.05) is 18.4 Å². The molecule has 0 saturated carbocycles. The van der Waals surface area contributed by atoms with E-state index in [0.29, 0.717) is 18.7 Å². The largest absolute Gasteiger partial charge is 0.383 e. The first-order valence-corrected chi connectivity index (χ1v) is 9.06. The summed E-state index contributed by atoms with van der Waals surface area (Å²) in [7, 11) is 1.61. The molecule has 0 N–H and O–H groups in total. The Morgan fingerprint density at radius 2 is 1.59 bits per heavy atom. The maximum atomic E-state index is 12.8. The van der Waals surface area contributed by atoms with Crippen LogP contribution in [0.1, 0.15) is 42.5 Å². The second-order valence-electron chi connectivity index (χ2n) is 6.36. The average molecular weight is 409 g/mol. The van der Waals surface area contributed by atoms with Crippen molar-refractivity contribution in [3.8, 4) is 0 Å². The Hall–Kier alpha value is -2.15. The zero-order valence-electron chi connectivity index (χ0n) is 15.1. The zero-order chi connectivity index (χ0) is 19.9. The highest BCUT2D eigenvalue weighted by atomic mass is 35.5. The number of benzene rings is 1. The van der Waals surface area contributed by atoms with Crippen LogP contribution in [0.3, 0.4) is 0 Å². The number of aromatic nitrogens is 1. The Labute approximate surface area is 166 Å². The Bertz CT molecular complexity index is 924. The van der Waals surface area contributed by atoms with Gasteiger partial charge in [0.15, 0.2) is 5.78 Å². The Kier molecular flexibility index (Phi) is 5.42. The summed E-state index contributed by atoms with van der Waals surface area (Å²) in [5, 5.41) is 0.373. The van der Waals surface area contributed by atoms with Crippen LogP contribution in [-0.2, 0) is 11.3 Å². The number of fused-ring (bicyclic) bond motifs is 1.